The molecule has 0 aliphatic heterocycles. The molecule has 0 aliphatic carbocycles. The van der Waals surface area contributed by atoms with Crippen molar-refractivity contribution in [1.82, 2.24) is 9.97 Å². The zero-order chi connectivity index (χ0) is 17.4. The fraction of sp³-hybridized carbons (Fsp3) is 0.450. The molecular formula is C20H26N2O2. The van der Waals surface area contributed by atoms with Gasteiger partial charge in [0.1, 0.15) is 11.9 Å². The fourth-order valence-corrected chi connectivity index (χ4v) is 2.51. The summed E-state index contributed by atoms with van der Waals surface area (Å²) >= 11 is 0. The van der Waals surface area contributed by atoms with Crippen molar-refractivity contribution in [2.75, 3.05) is 0 Å². The topological polar surface area (TPSA) is 52.1 Å². The molecule has 0 saturated carbocycles. The van der Waals surface area contributed by atoms with E-state index < -0.39 is 0 Å². The number of carbonyl (C=O) groups excluding carboxylic acids is 1. The second-order valence-corrected chi connectivity index (χ2v) is 5.89. The molecule has 2 aromatic rings. The lowest BCUT2D eigenvalue weighted by Gasteiger charge is -2.17. The fourth-order valence-electron chi connectivity index (χ4n) is 2.51. The molecule has 0 N–H and O–H groups in total. The van der Waals surface area contributed by atoms with Gasteiger partial charge in [-0.25, -0.2) is 14.8 Å². The van der Waals surface area contributed by atoms with Crippen LogP contribution in [0.4, 0.5) is 0 Å². The monoisotopic (exact) mass is 326 g/mol. The molecule has 4 heteroatoms. The first-order valence-electron chi connectivity index (χ1n) is 8.78. The van der Waals surface area contributed by atoms with Crippen LogP contribution in [0.1, 0.15) is 73.4 Å². The Bertz CT molecular complexity index is 636. The second-order valence-electron chi connectivity index (χ2n) is 5.89. The molecular weight excluding hydrogens is 300 g/mol. The summed E-state index contributed by atoms with van der Waals surface area (Å²) < 4.78 is 5.65. The average Bonchev–Trinajstić information content (AvgIpc) is 2.64. The maximum atomic E-state index is 12.3. The van der Waals surface area contributed by atoms with E-state index in [1.807, 2.05) is 13.8 Å². The summed E-state index contributed by atoms with van der Waals surface area (Å²) in [5.41, 5.74) is 2.74. The van der Waals surface area contributed by atoms with E-state index in [9.17, 15) is 4.79 Å². The Balaban J connectivity index is 2.03. The number of aromatic nitrogens is 2. The molecule has 0 spiro atoms. The van der Waals surface area contributed by atoms with Crippen molar-refractivity contribution in [3.05, 3.63) is 59.2 Å². The van der Waals surface area contributed by atoms with E-state index in [0.29, 0.717) is 5.56 Å². The third-order valence-electron chi connectivity index (χ3n) is 4.05. The third-order valence-corrected chi connectivity index (χ3v) is 4.05. The van der Waals surface area contributed by atoms with E-state index in [0.717, 1.165) is 30.7 Å². The standard InChI is InChI=1S/C20H26N2O2/c1-4-7-8-15-9-11-16(12-10-15)18(5-2)24-20(23)17-13-21-19(6-3)22-14-17/h9-14,18H,4-8H2,1-3H3. The number of ether oxygens (including phenoxy) is 1. The number of hydrogen-bond acceptors (Lipinski definition) is 4. The molecule has 1 aromatic heterocycles. The third kappa shape index (κ3) is 4.88. The zero-order valence-electron chi connectivity index (χ0n) is 14.8. The van der Waals surface area contributed by atoms with Gasteiger partial charge in [-0.2, -0.15) is 0 Å². The van der Waals surface area contributed by atoms with Crippen molar-refractivity contribution in [2.45, 2.75) is 59.0 Å². The molecule has 1 unspecified atom stereocenters. The Kier molecular flexibility index (Phi) is 6.91. The van der Waals surface area contributed by atoms with Crippen LogP contribution in [0.5, 0.6) is 0 Å². The van der Waals surface area contributed by atoms with Gasteiger partial charge in [-0.15, -0.1) is 0 Å². The smallest absolute Gasteiger partial charge is 0.341 e. The minimum absolute atomic E-state index is 0.247. The maximum Gasteiger partial charge on any atom is 0.341 e. The Morgan fingerprint density at radius 1 is 1.08 bits per heavy atom. The van der Waals surface area contributed by atoms with Crippen molar-refractivity contribution in [3.8, 4) is 0 Å². The summed E-state index contributed by atoms with van der Waals surface area (Å²) in [5.74, 6) is 0.348. The predicted molar refractivity (Wildman–Crippen MR) is 94.9 cm³/mol. The van der Waals surface area contributed by atoms with Crippen LogP contribution in [-0.2, 0) is 17.6 Å². The number of rotatable bonds is 8. The van der Waals surface area contributed by atoms with Gasteiger partial charge in [0, 0.05) is 18.8 Å². The maximum absolute atomic E-state index is 12.3. The van der Waals surface area contributed by atoms with Crippen molar-refractivity contribution in [1.29, 1.82) is 0 Å². The Morgan fingerprint density at radius 2 is 1.75 bits per heavy atom. The van der Waals surface area contributed by atoms with Gasteiger partial charge in [0.15, 0.2) is 0 Å². The summed E-state index contributed by atoms with van der Waals surface area (Å²) in [7, 11) is 0. The normalized spacial score (nSPS) is 12.0. The molecule has 2 rings (SSSR count). The van der Waals surface area contributed by atoms with Gasteiger partial charge in [-0.3, -0.25) is 0 Å². The highest BCUT2D eigenvalue weighted by molar-refractivity contribution is 5.88. The summed E-state index contributed by atoms with van der Waals surface area (Å²) in [5, 5.41) is 0. The molecule has 0 bridgehead atoms. The van der Waals surface area contributed by atoms with E-state index in [1.54, 1.807) is 0 Å². The summed E-state index contributed by atoms with van der Waals surface area (Å²) in [4.78, 5) is 20.6. The SMILES string of the molecule is CCCCc1ccc(C(CC)OC(=O)c2cnc(CC)nc2)cc1. The molecule has 0 fully saturated rings. The molecule has 4 nitrogen and oxygen atoms in total. The average molecular weight is 326 g/mol. The molecule has 128 valence electrons. The van der Waals surface area contributed by atoms with E-state index >= 15 is 0 Å². The van der Waals surface area contributed by atoms with E-state index in [4.69, 9.17) is 4.74 Å². The number of nitrogens with zero attached hydrogens (tertiary/aromatic N) is 2. The lowest BCUT2D eigenvalue weighted by molar-refractivity contribution is 0.0287. The molecule has 0 amide bonds. The highest BCUT2D eigenvalue weighted by Crippen LogP contribution is 2.23. The molecule has 0 saturated heterocycles. The van der Waals surface area contributed by atoms with Crippen LogP contribution in [0.2, 0.25) is 0 Å². The lowest BCUT2D eigenvalue weighted by atomic mass is 10.0. The summed E-state index contributed by atoms with van der Waals surface area (Å²) in [6.07, 6.45) is 7.78. The van der Waals surface area contributed by atoms with E-state index in [-0.39, 0.29) is 12.1 Å². The molecule has 1 atom stereocenters. The first-order valence-corrected chi connectivity index (χ1v) is 8.78. The second kappa shape index (κ2) is 9.16. The predicted octanol–water partition coefficient (Wildman–Crippen LogP) is 4.69. The zero-order valence-corrected chi connectivity index (χ0v) is 14.8. The molecule has 24 heavy (non-hydrogen) atoms. The highest BCUT2D eigenvalue weighted by Gasteiger charge is 2.17. The van der Waals surface area contributed by atoms with Crippen LogP contribution in [0, 0.1) is 0 Å². The van der Waals surface area contributed by atoms with Crippen molar-refractivity contribution >= 4 is 5.97 Å². The van der Waals surface area contributed by atoms with Crippen molar-refractivity contribution in [3.63, 3.8) is 0 Å². The highest BCUT2D eigenvalue weighted by atomic mass is 16.5. The minimum Gasteiger partial charge on any atom is -0.454 e. The number of esters is 1. The van der Waals surface area contributed by atoms with Crippen LogP contribution >= 0.6 is 0 Å². The van der Waals surface area contributed by atoms with Gasteiger partial charge >= 0.3 is 5.97 Å². The van der Waals surface area contributed by atoms with Crippen LogP contribution in [0.15, 0.2) is 36.7 Å². The van der Waals surface area contributed by atoms with E-state index in [2.05, 4.69) is 41.2 Å². The summed E-state index contributed by atoms with van der Waals surface area (Å²) in [6, 6.07) is 8.37. The number of unbranched alkanes of at least 4 members (excludes halogenated alkanes) is 1. The minimum atomic E-state index is -0.375. The van der Waals surface area contributed by atoms with Gasteiger partial charge in [-0.05, 0) is 30.4 Å². The van der Waals surface area contributed by atoms with Crippen LogP contribution in [-0.4, -0.2) is 15.9 Å². The van der Waals surface area contributed by atoms with Gasteiger partial charge in [0.05, 0.1) is 5.56 Å². The molecule has 1 aromatic carbocycles. The van der Waals surface area contributed by atoms with Crippen LogP contribution in [0.25, 0.3) is 0 Å². The summed E-state index contributed by atoms with van der Waals surface area (Å²) in [6.45, 7) is 6.18. The number of hydrogen-bond donors (Lipinski definition) is 0. The van der Waals surface area contributed by atoms with Crippen molar-refractivity contribution < 1.29 is 9.53 Å². The van der Waals surface area contributed by atoms with Gasteiger partial charge in [0.2, 0.25) is 0 Å². The quantitative estimate of drug-likeness (QED) is 0.660. The van der Waals surface area contributed by atoms with Crippen LogP contribution in [0.3, 0.4) is 0 Å². The van der Waals surface area contributed by atoms with Gasteiger partial charge < -0.3 is 4.74 Å². The lowest BCUT2D eigenvalue weighted by Crippen LogP contribution is -2.12. The number of benzene rings is 1. The van der Waals surface area contributed by atoms with Crippen molar-refractivity contribution in [2.24, 2.45) is 0 Å². The van der Waals surface area contributed by atoms with E-state index in [1.165, 1.54) is 30.8 Å². The molecule has 0 radical (unpaired) electrons. The van der Waals surface area contributed by atoms with Gasteiger partial charge in [0.25, 0.3) is 0 Å². The van der Waals surface area contributed by atoms with Gasteiger partial charge in [-0.1, -0.05) is 51.5 Å². The molecule has 0 aliphatic rings. The largest absolute Gasteiger partial charge is 0.454 e. The Labute approximate surface area is 144 Å². The number of carbonyl (C=O) groups is 1. The Hall–Kier alpha value is -2.23. The first kappa shape index (κ1) is 18.1. The number of aryl methyl sites for hydroxylation is 2. The molecule has 1 heterocycles. The Morgan fingerprint density at radius 3 is 2.29 bits per heavy atom. The first-order chi connectivity index (χ1) is 11.7. The van der Waals surface area contributed by atoms with Crippen LogP contribution < -0.4 is 0 Å².